The molecule has 3 fully saturated rings. The largest absolute Gasteiger partial charge is 0.354 e. The zero-order valence-electron chi connectivity index (χ0n) is 45.3. The van der Waals surface area contributed by atoms with Gasteiger partial charge in [0, 0.05) is 117 Å². The van der Waals surface area contributed by atoms with E-state index in [2.05, 4.69) is 115 Å². The number of hydrogen-bond acceptors (Lipinski definition) is 14. The highest BCUT2D eigenvalue weighted by atomic mass is 15.3. The van der Waals surface area contributed by atoms with Crippen molar-refractivity contribution < 1.29 is 0 Å². The van der Waals surface area contributed by atoms with Crippen LogP contribution in [0.2, 0.25) is 0 Å². The third-order valence-corrected chi connectivity index (χ3v) is 15.1. The number of likely N-dealkylation sites (tertiary alicyclic amines) is 1. The maximum atomic E-state index is 5.05. The molecule has 0 amide bonds. The van der Waals surface area contributed by atoms with Crippen LogP contribution in [0.3, 0.4) is 0 Å². The standard InChI is InChI=1S/C31H29N9.C28H31N9.C2H6/c1-20(21-6-4-3-5-7-21)34-23-16-22(18-32-19-23)25-8-9-27-29(36-25)30(38-37-27)28-17-24-26(35-28)10-11-33-31(24)40-14-12-39(2)13-15-40;1-35-10-12-37(13-11-35)28-21-15-25(31-23(21)6-7-30-28)27-26-24(33-34-27)5-4-22(32-26)20-14-19(16-29-17-20)18-36-8-2-3-9-36;1-2/h3-11,16-19,34-35H,1,12-15H2,2H3,(H,37,38);4-7,14-17,31H,2-3,8-13,18H2,1H3,(H,33,34);1-2H3. The lowest BCUT2D eigenvalue weighted by atomic mass is 10.1. The van der Waals surface area contributed by atoms with Crippen LogP contribution in [0.4, 0.5) is 17.3 Å². The number of nitrogens with zero attached hydrogens (tertiary/aromatic N) is 13. The van der Waals surface area contributed by atoms with Crippen molar-refractivity contribution in [2.24, 2.45) is 0 Å². The van der Waals surface area contributed by atoms with E-state index >= 15 is 0 Å². The molecular formula is C61H66N18. The maximum absolute atomic E-state index is 5.05. The van der Waals surface area contributed by atoms with Crippen LogP contribution in [0.5, 0.6) is 0 Å². The van der Waals surface area contributed by atoms with Crippen molar-refractivity contribution in [3.05, 3.63) is 146 Å². The van der Waals surface area contributed by atoms with Gasteiger partial charge in [-0.05, 0) is 112 Å². The minimum Gasteiger partial charge on any atom is -0.354 e. The van der Waals surface area contributed by atoms with E-state index in [1.54, 1.807) is 6.20 Å². The maximum Gasteiger partial charge on any atom is 0.138 e. The lowest BCUT2D eigenvalue weighted by Crippen LogP contribution is -2.44. The molecule has 400 valence electrons. The van der Waals surface area contributed by atoms with Crippen LogP contribution in [0.1, 0.15) is 37.8 Å². The zero-order valence-corrected chi connectivity index (χ0v) is 45.3. The molecule has 0 aliphatic carbocycles. The second kappa shape index (κ2) is 22.6. The first-order chi connectivity index (χ1) is 38.8. The van der Waals surface area contributed by atoms with Gasteiger partial charge < -0.3 is 34.9 Å². The van der Waals surface area contributed by atoms with Crippen molar-refractivity contribution in [1.82, 2.24) is 75.0 Å². The molecule has 3 aliphatic rings. The molecular weight excluding hydrogens is 985 g/mol. The van der Waals surface area contributed by atoms with E-state index in [4.69, 9.17) is 19.9 Å². The number of H-pyrrole nitrogens is 4. The van der Waals surface area contributed by atoms with Crippen LogP contribution in [0, 0.1) is 0 Å². The normalized spacial score (nSPS) is 15.4. The molecule has 0 spiro atoms. The van der Waals surface area contributed by atoms with Gasteiger partial charge in [0.15, 0.2) is 0 Å². The van der Waals surface area contributed by atoms with E-state index < -0.39 is 0 Å². The minimum absolute atomic E-state index is 0.775. The Morgan fingerprint density at radius 1 is 0.557 bits per heavy atom. The first kappa shape index (κ1) is 50.9. The number of anilines is 3. The van der Waals surface area contributed by atoms with Crippen molar-refractivity contribution in [1.29, 1.82) is 0 Å². The molecule has 18 nitrogen and oxygen atoms in total. The fourth-order valence-corrected chi connectivity index (χ4v) is 10.8. The first-order valence-corrected chi connectivity index (χ1v) is 27.5. The topological polar surface area (TPSA) is 195 Å². The molecule has 14 rings (SSSR count). The van der Waals surface area contributed by atoms with Crippen molar-refractivity contribution in [3.8, 4) is 45.3 Å². The van der Waals surface area contributed by atoms with Gasteiger partial charge >= 0.3 is 0 Å². The summed E-state index contributed by atoms with van der Waals surface area (Å²) in [6, 6.07) is 30.7. The van der Waals surface area contributed by atoms with Crippen LogP contribution in [-0.4, -0.2) is 155 Å². The van der Waals surface area contributed by atoms with Gasteiger partial charge in [-0.1, -0.05) is 50.8 Å². The highest BCUT2D eigenvalue weighted by molar-refractivity contribution is 5.99. The van der Waals surface area contributed by atoms with Gasteiger partial charge in [-0.2, -0.15) is 10.2 Å². The summed E-state index contributed by atoms with van der Waals surface area (Å²) in [4.78, 5) is 47.6. The highest BCUT2D eigenvalue weighted by Crippen LogP contribution is 2.35. The van der Waals surface area contributed by atoms with Gasteiger partial charge in [0.25, 0.3) is 0 Å². The average molecular weight is 1050 g/mol. The Labute approximate surface area is 459 Å². The molecule has 13 heterocycles. The molecule has 0 bridgehead atoms. The molecule has 79 heavy (non-hydrogen) atoms. The number of aromatic amines is 4. The summed E-state index contributed by atoms with van der Waals surface area (Å²) in [6.45, 7) is 19.5. The van der Waals surface area contributed by atoms with Gasteiger partial charge in [0.05, 0.1) is 56.7 Å². The summed E-state index contributed by atoms with van der Waals surface area (Å²) in [5.74, 6) is 2.04. The van der Waals surface area contributed by atoms with Crippen LogP contribution in [0.25, 0.3) is 94.9 Å². The van der Waals surface area contributed by atoms with Crippen LogP contribution >= 0.6 is 0 Å². The Morgan fingerprint density at radius 3 is 1.62 bits per heavy atom. The molecule has 18 heteroatoms. The molecule has 0 radical (unpaired) electrons. The number of likely N-dealkylation sites (N-methyl/N-ethyl adjacent to an activating group) is 2. The Bertz CT molecular complexity index is 3890. The summed E-state index contributed by atoms with van der Waals surface area (Å²) >= 11 is 0. The Balaban J connectivity index is 0.000000153. The third kappa shape index (κ3) is 10.8. The second-order valence-electron chi connectivity index (χ2n) is 20.5. The molecule has 1 aromatic carbocycles. The fraction of sp³-hybridized carbons (Fsp3) is 0.279. The number of benzene rings is 1. The quantitative estimate of drug-likeness (QED) is 0.0821. The van der Waals surface area contributed by atoms with Gasteiger partial charge in [-0.3, -0.25) is 25.1 Å². The van der Waals surface area contributed by atoms with Crippen molar-refractivity contribution in [2.45, 2.75) is 33.2 Å². The Hall–Kier alpha value is -8.84. The second-order valence-corrected chi connectivity index (χ2v) is 20.5. The van der Waals surface area contributed by atoms with E-state index in [0.717, 1.165) is 177 Å². The van der Waals surface area contributed by atoms with Crippen LogP contribution in [-0.2, 0) is 6.54 Å². The average Bonchev–Trinajstić information content (AvgIpc) is 4.49. The minimum atomic E-state index is 0.775. The lowest BCUT2D eigenvalue weighted by Gasteiger charge is -2.33. The number of hydrogen-bond donors (Lipinski definition) is 5. The number of pyridine rings is 6. The zero-order chi connectivity index (χ0) is 53.8. The fourth-order valence-electron chi connectivity index (χ4n) is 10.8. The lowest BCUT2D eigenvalue weighted by molar-refractivity contribution is 0.312. The highest BCUT2D eigenvalue weighted by Gasteiger charge is 2.23. The van der Waals surface area contributed by atoms with Gasteiger partial charge in [0.1, 0.15) is 34.1 Å². The van der Waals surface area contributed by atoms with E-state index in [9.17, 15) is 0 Å². The smallest absolute Gasteiger partial charge is 0.138 e. The van der Waals surface area contributed by atoms with Crippen molar-refractivity contribution in [2.75, 3.05) is 94.7 Å². The van der Waals surface area contributed by atoms with E-state index in [1.165, 1.54) is 31.5 Å². The number of nitrogens with one attached hydrogen (secondary N) is 5. The number of fused-ring (bicyclic) bond motifs is 4. The predicted molar refractivity (Wildman–Crippen MR) is 319 cm³/mol. The summed E-state index contributed by atoms with van der Waals surface area (Å²) in [6.07, 6.45) is 13.8. The molecule has 3 aliphatic heterocycles. The summed E-state index contributed by atoms with van der Waals surface area (Å²) in [7, 11) is 4.33. The monoisotopic (exact) mass is 1050 g/mol. The molecule has 10 aromatic heterocycles. The summed E-state index contributed by atoms with van der Waals surface area (Å²) in [5.41, 5.74) is 16.5. The molecule has 0 unspecified atom stereocenters. The van der Waals surface area contributed by atoms with E-state index in [-0.39, 0.29) is 0 Å². The predicted octanol–water partition coefficient (Wildman–Crippen LogP) is 10.3. The Morgan fingerprint density at radius 2 is 1.08 bits per heavy atom. The van der Waals surface area contributed by atoms with Crippen molar-refractivity contribution >= 4 is 66.9 Å². The van der Waals surface area contributed by atoms with Crippen LogP contribution in [0.15, 0.2) is 135 Å². The number of aromatic nitrogens is 12. The molecule has 3 saturated heterocycles. The third-order valence-electron chi connectivity index (χ3n) is 15.1. The van der Waals surface area contributed by atoms with Crippen molar-refractivity contribution in [3.63, 3.8) is 0 Å². The first-order valence-electron chi connectivity index (χ1n) is 27.5. The molecule has 0 saturated carbocycles. The van der Waals surface area contributed by atoms with Gasteiger partial charge in [-0.15, -0.1) is 0 Å². The van der Waals surface area contributed by atoms with E-state index in [1.807, 2.05) is 112 Å². The van der Waals surface area contributed by atoms with Gasteiger partial charge in [-0.25, -0.2) is 19.9 Å². The molecule has 0 atom stereocenters. The Kier molecular flexibility index (Phi) is 14.6. The SMILES string of the molecule is C=C(Nc1cncc(-c2ccc3[nH]nc(-c4cc5c(N6CCN(C)CC6)nccc5[nH]4)c3n2)c1)c1ccccc1.CC.CN1CCN(c2nccc3[nH]c(-c4n[nH]c5ccc(-c6cncc(CN7CCCC7)c6)nc45)cc23)CC1. The number of piperazine rings is 2. The van der Waals surface area contributed by atoms with E-state index in [0.29, 0.717) is 0 Å². The summed E-state index contributed by atoms with van der Waals surface area (Å²) < 4.78 is 0. The molecule has 11 aromatic rings. The number of rotatable bonds is 11. The van der Waals surface area contributed by atoms with Gasteiger partial charge in [0.2, 0.25) is 0 Å². The molecule has 5 N–H and O–H groups in total. The van der Waals surface area contributed by atoms with Crippen LogP contribution < -0.4 is 15.1 Å². The summed E-state index contributed by atoms with van der Waals surface area (Å²) in [5, 5.41) is 21.2.